The van der Waals surface area contributed by atoms with E-state index < -0.39 is 41.4 Å². The van der Waals surface area contributed by atoms with E-state index in [9.17, 15) is 19.2 Å². The Labute approximate surface area is 170 Å². The highest BCUT2D eigenvalue weighted by Crippen LogP contribution is 2.09. The molecule has 0 atom stereocenters. The molecule has 0 bridgehead atoms. The molecule has 0 spiro atoms. The molecule has 0 aromatic carbocycles. The third-order valence-corrected chi connectivity index (χ3v) is 2.51. The van der Waals surface area contributed by atoms with E-state index in [0.717, 1.165) is 0 Å². The Hall–Kier alpha value is -3.04. The molecular weight excluding hydrogens is 382 g/mol. The van der Waals surface area contributed by atoms with E-state index in [0.29, 0.717) is 11.5 Å². The van der Waals surface area contributed by atoms with Crippen molar-refractivity contribution >= 4 is 29.5 Å². The molecular formula is C19H29N3O7. The first-order valence-electron chi connectivity index (χ1n) is 8.81. The van der Waals surface area contributed by atoms with Crippen LogP contribution in [0.15, 0.2) is 12.4 Å². The quantitative estimate of drug-likeness (QED) is 0.550. The highest BCUT2D eigenvalue weighted by atomic mass is 16.6. The molecule has 162 valence electrons. The Bertz CT molecular complexity index is 717. The third-order valence-electron chi connectivity index (χ3n) is 2.51. The van der Waals surface area contributed by atoms with Crippen molar-refractivity contribution in [3.05, 3.63) is 18.2 Å². The lowest BCUT2D eigenvalue weighted by atomic mass is 10.2. The third kappa shape index (κ3) is 15.7. The van der Waals surface area contributed by atoms with E-state index in [2.05, 4.69) is 15.3 Å². The number of carboxylic acids is 1. The number of carbonyl (C=O) groups excluding carboxylic acids is 3. The number of esters is 2. The molecule has 1 aromatic heterocycles. The van der Waals surface area contributed by atoms with Crippen LogP contribution in [0.5, 0.6) is 0 Å². The Morgan fingerprint density at radius 3 is 1.69 bits per heavy atom. The number of aromatic nitrogens is 2. The molecule has 0 aliphatic heterocycles. The number of carbonyl (C=O) groups is 4. The van der Waals surface area contributed by atoms with Gasteiger partial charge in [-0.2, -0.15) is 0 Å². The first kappa shape index (κ1) is 26.0. The van der Waals surface area contributed by atoms with E-state index in [1.165, 1.54) is 12.4 Å². The Balaban J connectivity index is 0.000000614. The van der Waals surface area contributed by atoms with Crippen LogP contribution in [-0.2, 0) is 28.7 Å². The second kappa shape index (κ2) is 11.1. The van der Waals surface area contributed by atoms with Gasteiger partial charge in [0.2, 0.25) is 5.91 Å². The van der Waals surface area contributed by atoms with Gasteiger partial charge in [0.1, 0.15) is 29.9 Å². The molecule has 0 radical (unpaired) electrons. The maximum atomic E-state index is 11.5. The van der Waals surface area contributed by atoms with Crippen molar-refractivity contribution in [3.8, 4) is 0 Å². The topological polar surface area (TPSA) is 145 Å². The van der Waals surface area contributed by atoms with E-state index in [1.54, 1.807) is 48.5 Å². The number of ether oxygens (including phenoxy) is 2. The number of rotatable bonds is 5. The summed E-state index contributed by atoms with van der Waals surface area (Å²) in [6.45, 7) is 12.0. The lowest BCUT2D eigenvalue weighted by molar-refractivity contribution is -0.160. The van der Waals surface area contributed by atoms with Gasteiger partial charge in [-0.05, 0) is 48.5 Å². The fraction of sp³-hybridized carbons (Fsp3) is 0.579. The first-order chi connectivity index (χ1) is 13.1. The number of aryl methyl sites for hydroxylation is 1. The molecule has 1 heterocycles. The van der Waals surface area contributed by atoms with Crippen LogP contribution in [0.3, 0.4) is 0 Å². The molecule has 2 N–H and O–H groups in total. The summed E-state index contributed by atoms with van der Waals surface area (Å²) in [5, 5.41) is 10.7. The highest BCUT2D eigenvalue weighted by Gasteiger charge is 2.19. The van der Waals surface area contributed by atoms with Gasteiger partial charge in [-0.1, -0.05) is 0 Å². The number of amides is 1. The van der Waals surface area contributed by atoms with Crippen molar-refractivity contribution in [2.24, 2.45) is 0 Å². The van der Waals surface area contributed by atoms with Crippen molar-refractivity contribution < 1.29 is 33.8 Å². The Morgan fingerprint density at radius 2 is 1.31 bits per heavy atom. The molecule has 0 fully saturated rings. The van der Waals surface area contributed by atoms with Crippen molar-refractivity contribution in [3.63, 3.8) is 0 Å². The first-order valence-corrected chi connectivity index (χ1v) is 8.81. The van der Waals surface area contributed by atoms with E-state index in [4.69, 9.17) is 14.6 Å². The largest absolute Gasteiger partial charge is 0.481 e. The summed E-state index contributed by atoms with van der Waals surface area (Å²) >= 11 is 0. The summed E-state index contributed by atoms with van der Waals surface area (Å²) in [4.78, 5) is 51.4. The van der Waals surface area contributed by atoms with Gasteiger partial charge in [-0.3, -0.25) is 19.2 Å². The maximum Gasteiger partial charge on any atom is 0.317 e. The van der Waals surface area contributed by atoms with Gasteiger partial charge in [0.05, 0.1) is 18.1 Å². The van der Waals surface area contributed by atoms with Crippen molar-refractivity contribution in [1.29, 1.82) is 0 Å². The number of hydrogen-bond donors (Lipinski definition) is 2. The number of hydrogen-bond acceptors (Lipinski definition) is 8. The van der Waals surface area contributed by atoms with E-state index in [-0.39, 0.29) is 6.42 Å². The smallest absolute Gasteiger partial charge is 0.317 e. The fourth-order valence-corrected chi connectivity index (χ4v) is 1.67. The minimum Gasteiger partial charge on any atom is -0.481 e. The minimum atomic E-state index is -1.17. The van der Waals surface area contributed by atoms with E-state index in [1.807, 2.05) is 0 Å². The van der Waals surface area contributed by atoms with Gasteiger partial charge in [-0.25, -0.2) is 9.97 Å². The van der Waals surface area contributed by atoms with Crippen molar-refractivity contribution in [2.75, 3.05) is 5.32 Å². The number of nitrogens with one attached hydrogen (secondary N) is 1. The number of aliphatic carboxylic acids is 1. The average molecular weight is 411 g/mol. The van der Waals surface area contributed by atoms with Crippen molar-refractivity contribution in [2.45, 2.75) is 72.5 Å². The highest BCUT2D eigenvalue weighted by molar-refractivity contribution is 6.01. The van der Waals surface area contributed by atoms with Crippen LogP contribution in [-0.4, -0.2) is 50.1 Å². The van der Waals surface area contributed by atoms with Crippen LogP contribution >= 0.6 is 0 Å². The normalized spacial score (nSPS) is 10.9. The monoisotopic (exact) mass is 411 g/mol. The molecule has 1 amide bonds. The fourth-order valence-electron chi connectivity index (χ4n) is 1.67. The predicted octanol–water partition coefficient (Wildman–Crippen LogP) is 2.26. The summed E-state index contributed by atoms with van der Waals surface area (Å²) in [5.74, 6) is -2.27. The van der Waals surface area contributed by atoms with Crippen LogP contribution in [0.4, 0.5) is 5.69 Å². The van der Waals surface area contributed by atoms with Crippen LogP contribution in [0.2, 0.25) is 0 Å². The van der Waals surface area contributed by atoms with E-state index >= 15 is 0 Å². The van der Waals surface area contributed by atoms with Gasteiger partial charge in [-0.15, -0.1) is 0 Å². The van der Waals surface area contributed by atoms with Crippen LogP contribution in [0, 0.1) is 6.92 Å². The maximum absolute atomic E-state index is 11.5. The lowest BCUT2D eigenvalue weighted by Crippen LogP contribution is -2.27. The molecule has 0 aliphatic rings. The molecule has 0 unspecified atom stereocenters. The second-order valence-electron chi connectivity index (χ2n) is 7.99. The minimum absolute atomic E-state index is 0.328. The van der Waals surface area contributed by atoms with Crippen LogP contribution in [0.1, 0.15) is 60.2 Å². The van der Waals surface area contributed by atoms with Gasteiger partial charge in [0.25, 0.3) is 0 Å². The predicted molar refractivity (Wildman–Crippen MR) is 104 cm³/mol. The standard InChI is InChI=1S/C12H17N3O3.C7H12O4/c1-8-13-6-9(7-14-8)15-10(16)5-11(17)18-12(2,3)4;1-7(2,3)11-6(10)4-5(8)9/h6-7H,5H2,1-4H3,(H,15,16);4H2,1-3H3,(H,8,9). The molecule has 0 saturated carbocycles. The Morgan fingerprint density at radius 1 is 0.897 bits per heavy atom. The molecule has 29 heavy (non-hydrogen) atoms. The SMILES string of the molecule is CC(C)(C)OC(=O)CC(=O)O.Cc1ncc(NC(=O)CC(=O)OC(C)(C)C)cn1. The average Bonchev–Trinajstić information content (AvgIpc) is 2.45. The van der Waals surface area contributed by atoms with Crippen LogP contribution < -0.4 is 5.32 Å². The van der Waals surface area contributed by atoms with Gasteiger partial charge in [0, 0.05) is 0 Å². The zero-order valence-corrected chi connectivity index (χ0v) is 17.9. The summed E-state index contributed by atoms with van der Waals surface area (Å²) in [7, 11) is 0. The summed E-state index contributed by atoms with van der Waals surface area (Å²) < 4.78 is 9.76. The number of carboxylic acid groups (broad SMARTS) is 1. The molecule has 0 saturated heterocycles. The van der Waals surface area contributed by atoms with Gasteiger partial charge >= 0.3 is 17.9 Å². The van der Waals surface area contributed by atoms with Gasteiger partial charge < -0.3 is 19.9 Å². The molecule has 10 heteroatoms. The zero-order valence-electron chi connectivity index (χ0n) is 17.9. The molecule has 1 aromatic rings. The number of nitrogens with zero attached hydrogens (tertiary/aromatic N) is 2. The van der Waals surface area contributed by atoms with Gasteiger partial charge in [0.15, 0.2) is 0 Å². The molecule has 10 nitrogen and oxygen atoms in total. The Kier molecular flexibility index (Phi) is 9.92. The molecule has 0 aliphatic carbocycles. The summed E-state index contributed by atoms with van der Waals surface area (Å²) in [6, 6.07) is 0. The lowest BCUT2D eigenvalue weighted by Gasteiger charge is -2.19. The number of anilines is 1. The zero-order chi connectivity index (χ0) is 22.8. The second-order valence-corrected chi connectivity index (χ2v) is 7.99. The van der Waals surface area contributed by atoms with Crippen LogP contribution in [0.25, 0.3) is 0 Å². The summed E-state index contributed by atoms with van der Waals surface area (Å²) in [5.41, 5.74) is -0.745. The summed E-state index contributed by atoms with van der Waals surface area (Å²) in [6.07, 6.45) is 2.06. The molecule has 1 rings (SSSR count). The van der Waals surface area contributed by atoms with Crippen molar-refractivity contribution in [1.82, 2.24) is 9.97 Å².